The minimum absolute atomic E-state index is 0.121. The molecule has 0 atom stereocenters. The van der Waals surface area contributed by atoms with Crippen molar-refractivity contribution >= 4 is 34.1 Å². The number of pyridine rings is 1. The van der Waals surface area contributed by atoms with Crippen molar-refractivity contribution in [1.29, 1.82) is 0 Å². The standard InChI is InChI=1S/C26H28ClN5O3/c27-17-3-4-22-21(13-17)32-16-20(26(34)29-7-10-30-8-1-2-9-30)25(33)19-14-18(15-23(35-22)24(19)32)31-11-5-28-6-12-31/h3-4,13-16,28H,1-2,5-12H2,(H,29,34). The third-order valence-electron chi connectivity index (χ3n) is 7.09. The van der Waals surface area contributed by atoms with Crippen LogP contribution in [0.5, 0.6) is 11.5 Å². The Morgan fingerprint density at radius 1 is 1.06 bits per heavy atom. The van der Waals surface area contributed by atoms with Gasteiger partial charge in [0.05, 0.1) is 11.1 Å². The molecule has 2 aromatic carbocycles. The Morgan fingerprint density at radius 2 is 1.86 bits per heavy atom. The average Bonchev–Trinajstić information content (AvgIpc) is 3.39. The number of halogens is 1. The first kappa shape index (κ1) is 22.4. The highest BCUT2D eigenvalue weighted by atomic mass is 35.5. The summed E-state index contributed by atoms with van der Waals surface area (Å²) in [5.74, 6) is 0.873. The Morgan fingerprint density at radius 3 is 2.66 bits per heavy atom. The fourth-order valence-electron chi connectivity index (χ4n) is 5.26. The van der Waals surface area contributed by atoms with Gasteiger partial charge in [0.25, 0.3) is 5.91 Å². The number of likely N-dealkylation sites (tertiary alicyclic amines) is 1. The van der Waals surface area contributed by atoms with Gasteiger partial charge in [0.2, 0.25) is 5.43 Å². The Balaban J connectivity index is 1.44. The average molecular weight is 494 g/mol. The van der Waals surface area contributed by atoms with E-state index in [1.807, 2.05) is 22.8 Å². The van der Waals surface area contributed by atoms with Gasteiger partial charge < -0.3 is 29.7 Å². The topological polar surface area (TPSA) is 78.8 Å². The molecular weight excluding hydrogens is 466 g/mol. The predicted molar refractivity (Wildman–Crippen MR) is 138 cm³/mol. The lowest BCUT2D eigenvalue weighted by atomic mass is 10.1. The van der Waals surface area contributed by atoms with Gasteiger partial charge in [-0.3, -0.25) is 9.59 Å². The third-order valence-corrected chi connectivity index (χ3v) is 7.32. The van der Waals surface area contributed by atoms with E-state index in [1.54, 1.807) is 18.3 Å². The Kier molecular flexibility index (Phi) is 5.88. The maximum Gasteiger partial charge on any atom is 0.256 e. The maximum atomic E-state index is 13.7. The molecule has 0 bridgehead atoms. The summed E-state index contributed by atoms with van der Waals surface area (Å²) in [5.41, 5.74) is 2.10. The lowest BCUT2D eigenvalue weighted by Gasteiger charge is -2.31. The van der Waals surface area contributed by atoms with E-state index < -0.39 is 0 Å². The Hall–Kier alpha value is -3.07. The summed E-state index contributed by atoms with van der Waals surface area (Å²) >= 11 is 6.30. The maximum absolute atomic E-state index is 13.7. The van der Waals surface area contributed by atoms with Crippen molar-refractivity contribution in [2.75, 3.05) is 57.3 Å². The zero-order valence-corrected chi connectivity index (χ0v) is 20.2. The van der Waals surface area contributed by atoms with Crippen molar-refractivity contribution in [3.63, 3.8) is 0 Å². The molecule has 2 saturated heterocycles. The van der Waals surface area contributed by atoms with Gasteiger partial charge in [-0.25, -0.2) is 0 Å². The Bertz CT molecular complexity index is 1360. The predicted octanol–water partition coefficient (Wildman–Crippen LogP) is 2.99. The zero-order valence-electron chi connectivity index (χ0n) is 19.5. The summed E-state index contributed by atoms with van der Waals surface area (Å²) in [6.45, 7) is 6.84. The normalized spacial score (nSPS) is 17.3. The number of anilines is 1. The number of ether oxygens (including phenoxy) is 1. The van der Waals surface area contributed by atoms with Gasteiger partial charge in [-0.15, -0.1) is 0 Å². The van der Waals surface area contributed by atoms with Crippen molar-refractivity contribution < 1.29 is 9.53 Å². The van der Waals surface area contributed by atoms with Gasteiger partial charge >= 0.3 is 0 Å². The van der Waals surface area contributed by atoms with Crippen molar-refractivity contribution in [3.05, 3.63) is 57.3 Å². The van der Waals surface area contributed by atoms with Crippen LogP contribution in [0.2, 0.25) is 5.02 Å². The molecular formula is C26H28ClN5O3. The van der Waals surface area contributed by atoms with Crippen LogP contribution in [-0.4, -0.2) is 67.7 Å². The second-order valence-corrected chi connectivity index (χ2v) is 9.77. The number of benzene rings is 2. The van der Waals surface area contributed by atoms with Crippen LogP contribution >= 0.6 is 11.6 Å². The first-order valence-corrected chi connectivity index (χ1v) is 12.6. The Labute approximate surface area is 208 Å². The second kappa shape index (κ2) is 9.18. The number of fused-ring (bicyclic) bond motifs is 2. The highest BCUT2D eigenvalue weighted by Gasteiger charge is 2.26. The molecule has 3 aliphatic heterocycles. The minimum Gasteiger partial charge on any atom is -0.453 e. The zero-order chi connectivity index (χ0) is 23.9. The van der Waals surface area contributed by atoms with Crippen LogP contribution in [0.4, 0.5) is 5.69 Å². The number of aromatic nitrogens is 1. The molecule has 0 unspecified atom stereocenters. The number of amides is 1. The second-order valence-electron chi connectivity index (χ2n) is 9.34. The lowest BCUT2D eigenvalue weighted by Crippen LogP contribution is -2.43. The van der Waals surface area contributed by atoms with E-state index in [-0.39, 0.29) is 16.9 Å². The number of carbonyl (C=O) groups excluding carboxylic acids is 1. The molecule has 0 aliphatic carbocycles. The minimum atomic E-state index is -0.357. The molecule has 0 spiro atoms. The molecule has 3 aromatic rings. The number of rotatable bonds is 5. The van der Waals surface area contributed by atoms with Gasteiger partial charge in [0.1, 0.15) is 11.1 Å². The van der Waals surface area contributed by atoms with Crippen molar-refractivity contribution in [3.8, 4) is 17.2 Å². The monoisotopic (exact) mass is 493 g/mol. The number of carbonyl (C=O) groups is 1. The van der Waals surface area contributed by atoms with E-state index in [1.165, 1.54) is 12.8 Å². The summed E-state index contributed by atoms with van der Waals surface area (Å²) in [5, 5.41) is 7.33. The number of nitrogens with one attached hydrogen (secondary N) is 2. The van der Waals surface area contributed by atoms with Crippen LogP contribution in [-0.2, 0) is 0 Å². The first-order chi connectivity index (χ1) is 17.1. The molecule has 9 heteroatoms. The van der Waals surface area contributed by atoms with E-state index >= 15 is 0 Å². The van der Waals surface area contributed by atoms with Gasteiger partial charge in [-0.05, 0) is 50.2 Å². The molecule has 0 saturated carbocycles. The number of hydrogen-bond donors (Lipinski definition) is 2. The molecule has 1 amide bonds. The van der Waals surface area contributed by atoms with Crippen molar-refractivity contribution in [2.45, 2.75) is 12.8 Å². The molecule has 6 rings (SSSR count). The molecule has 0 radical (unpaired) electrons. The molecule has 3 aliphatic rings. The third kappa shape index (κ3) is 4.16. The van der Waals surface area contributed by atoms with E-state index in [0.29, 0.717) is 39.7 Å². The van der Waals surface area contributed by atoms with Crippen molar-refractivity contribution in [1.82, 2.24) is 20.1 Å². The summed E-state index contributed by atoms with van der Waals surface area (Å²) in [7, 11) is 0. The summed E-state index contributed by atoms with van der Waals surface area (Å²) in [6, 6.07) is 9.26. The summed E-state index contributed by atoms with van der Waals surface area (Å²) in [4.78, 5) is 31.4. The van der Waals surface area contributed by atoms with Gasteiger partial charge in [-0.2, -0.15) is 0 Å². The van der Waals surface area contributed by atoms with Crippen molar-refractivity contribution in [2.24, 2.45) is 0 Å². The van der Waals surface area contributed by atoms with Gasteiger partial charge in [0, 0.05) is 62.2 Å². The number of piperazine rings is 1. The van der Waals surface area contributed by atoms with Crippen LogP contribution in [0.25, 0.3) is 16.6 Å². The van der Waals surface area contributed by atoms with E-state index in [2.05, 4.69) is 20.4 Å². The summed E-state index contributed by atoms with van der Waals surface area (Å²) in [6.07, 6.45) is 4.03. The van der Waals surface area contributed by atoms with E-state index in [9.17, 15) is 9.59 Å². The molecule has 4 heterocycles. The molecule has 2 fully saturated rings. The molecule has 35 heavy (non-hydrogen) atoms. The van der Waals surface area contributed by atoms with E-state index in [4.69, 9.17) is 16.3 Å². The molecule has 182 valence electrons. The molecule has 1 aromatic heterocycles. The van der Waals surface area contributed by atoms with Crippen LogP contribution in [0, 0.1) is 0 Å². The van der Waals surface area contributed by atoms with E-state index in [0.717, 1.165) is 51.5 Å². The summed E-state index contributed by atoms with van der Waals surface area (Å²) < 4.78 is 8.12. The highest BCUT2D eigenvalue weighted by Crippen LogP contribution is 2.42. The van der Waals surface area contributed by atoms with Crippen LogP contribution < -0.4 is 25.7 Å². The van der Waals surface area contributed by atoms with Gasteiger partial charge in [0.15, 0.2) is 11.5 Å². The molecule has 8 nitrogen and oxygen atoms in total. The van der Waals surface area contributed by atoms with Crippen LogP contribution in [0.1, 0.15) is 23.2 Å². The smallest absolute Gasteiger partial charge is 0.256 e. The van der Waals surface area contributed by atoms with Crippen LogP contribution in [0.3, 0.4) is 0 Å². The SMILES string of the molecule is O=C(NCCN1CCCC1)c1cn2c3c(cc(N4CCNCC4)cc3c1=O)Oc1ccc(Cl)cc1-2. The number of hydrogen-bond acceptors (Lipinski definition) is 6. The molecule has 2 N–H and O–H groups in total. The van der Waals surface area contributed by atoms with Crippen LogP contribution in [0.15, 0.2) is 41.3 Å². The highest BCUT2D eigenvalue weighted by molar-refractivity contribution is 6.30. The lowest BCUT2D eigenvalue weighted by molar-refractivity contribution is 0.0948. The van der Waals surface area contributed by atoms with Gasteiger partial charge in [-0.1, -0.05) is 11.6 Å². The first-order valence-electron chi connectivity index (χ1n) is 12.3. The fourth-order valence-corrected chi connectivity index (χ4v) is 5.43. The largest absolute Gasteiger partial charge is 0.453 e. The quantitative estimate of drug-likeness (QED) is 0.445. The number of nitrogens with zero attached hydrogens (tertiary/aromatic N) is 3. The fraction of sp³-hybridized carbons (Fsp3) is 0.385.